The zero-order chi connectivity index (χ0) is 19.0. The molecule has 0 fully saturated rings. The molecule has 0 N–H and O–H groups in total. The Kier molecular flexibility index (Phi) is 4.24. The summed E-state index contributed by atoms with van der Waals surface area (Å²) in [4.78, 5) is 12.6. The van der Waals surface area contributed by atoms with Gasteiger partial charge in [0.25, 0.3) is 0 Å². The summed E-state index contributed by atoms with van der Waals surface area (Å²) in [6.07, 6.45) is 2.54. The summed E-state index contributed by atoms with van der Waals surface area (Å²) >= 11 is 0. The van der Waals surface area contributed by atoms with E-state index in [2.05, 4.69) is 5.10 Å². The van der Waals surface area contributed by atoms with Crippen LogP contribution in [0.4, 0.5) is 4.39 Å². The normalized spacial score (nSPS) is 13.1. The number of benzene rings is 2. The molecule has 0 amide bonds. The molecule has 3 aromatic rings. The Labute approximate surface area is 155 Å². The molecule has 27 heavy (non-hydrogen) atoms. The minimum atomic E-state index is -0.693. The summed E-state index contributed by atoms with van der Waals surface area (Å²) in [6, 6.07) is 11.7. The van der Waals surface area contributed by atoms with Crippen molar-refractivity contribution in [3.05, 3.63) is 69.7 Å². The van der Waals surface area contributed by atoms with Crippen molar-refractivity contribution in [3.8, 4) is 23.3 Å². The average molecular weight is 364 g/mol. The first kappa shape index (κ1) is 17.0. The first-order valence-electron chi connectivity index (χ1n) is 8.74. The Morgan fingerprint density at radius 2 is 2.04 bits per heavy atom. The zero-order valence-corrected chi connectivity index (χ0v) is 14.8. The van der Waals surface area contributed by atoms with Gasteiger partial charge in [-0.1, -0.05) is 18.2 Å². The SMILES string of the molecule is Cc1ccccc1Oc1cc(-n2nc3n(c2=O)CCCC3)c(F)cc1C#N. The van der Waals surface area contributed by atoms with Crippen molar-refractivity contribution in [1.29, 1.82) is 5.26 Å². The maximum atomic E-state index is 14.6. The molecule has 1 aliphatic heterocycles. The molecule has 136 valence electrons. The maximum absolute atomic E-state index is 14.6. The van der Waals surface area contributed by atoms with Crippen LogP contribution < -0.4 is 10.4 Å². The Hall–Kier alpha value is -3.40. The van der Waals surface area contributed by atoms with Crippen LogP contribution in [0.1, 0.15) is 29.8 Å². The van der Waals surface area contributed by atoms with E-state index in [1.165, 1.54) is 6.07 Å². The molecule has 0 saturated carbocycles. The predicted octanol–water partition coefficient (Wildman–Crippen LogP) is 3.48. The van der Waals surface area contributed by atoms with Crippen LogP contribution in [0, 0.1) is 24.1 Å². The molecule has 0 aliphatic carbocycles. The molecule has 1 aliphatic rings. The predicted molar refractivity (Wildman–Crippen MR) is 96.7 cm³/mol. The summed E-state index contributed by atoms with van der Waals surface area (Å²) in [5.41, 5.74) is 0.526. The number of rotatable bonds is 3. The van der Waals surface area contributed by atoms with Gasteiger partial charge in [-0.05, 0) is 37.5 Å². The molecule has 1 aromatic heterocycles. The summed E-state index contributed by atoms with van der Waals surface area (Å²) in [5, 5.41) is 13.6. The summed E-state index contributed by atoms with van der Waals surface area (Å²) < 4.78 is 23.1. The van der Waals surface area contributed by atoms with Crippen molar-refractivity contribution in [1.82, 2.24) is 14.3 Å². The van der Waals surface area contributed by atoms with Gasteiger partial charge >= 0.3 is 5.69 Å². The third kappa shape index (κ3) is 2.99. The molecule has 0 spiro atoms. The molecular weight excluding hydrogens is 347 g/mol. The van der Waals surface area contributed by atoms with Crippen molar-refractivity contribution < 1.29 is 9.13 Å². The molecule has 6 nitrogen and oxygen atoms in total. The second-order valence-electron chi connectivity index (χ2n) is 6.50. The first-order chi connectivity index (χ1) is 13.1. The monoisotopic (exact) mass is 364 g/mol. The van der Waals surface area contributed by atoms with Gasteiger partial charge < -0.3 is 4.74 Å². The summed E-state index contributed by atoms with van der Waals surface area (Å²) in [6.45, 7) is 2.46. The summed E-state index contributed by atoms with van der Waals surface area (Å²) in [7, 11) is 0. The standard InChI is InChI=1S/C20H17FN4O2/c1-13-6-2-3-7-17(13)27-18-11-16(15(21)10-14(18)12-22)25-20(26)24-9-5-4-8-19(24)23-25/h2-3,6-7,10-11H,4-5,8-9H2,1H3. The molecule has 0 saturated heterocycles. The van der Waals surface area contributed by atoms with E-state index in [1.807, 2.05) is 31.2 Å². The average Bonchev–Trinajstić information content (AvgIpc) is 3.01. The number of hydrogen-bond donors (Lipinski definition) is 0. The van der Waals surface area contributed by atoms with Gasteiger partial charge in [-0.2, -0.15) is 9.94 Å². The smallest absolute Gasteiger partial charge is 0.350 e. The van der Waals surface area contributed by atoms with Gasteiger partial charge in [-0.25, -0.2) is 9.18 Å². The van der Waals surface area contributed by atoms with E-state index in [0.29, 0.717) is 24.5 Å². The molecule has 0 unspecified atom stereocenters. The third-order valence-corrected chi connectivity index (χ3v) is 4.68. The highest BCUT2D eigenvalue weighted by Gasteiger charge is 2.21. The highest BCUT2D eigenvalue weighted by Crippen LogP contribution is 2.30. The number of halogens is 1. The van der Waals surface area contributed by atoms with Crippen LogP contribution >= 0.6 is 0 Å². The quantitative estimate of drug-likeness (QED) is 0.713. The molecule has 2 heterocycles. The zero-order valence-electron chi connectivity index (χ0n) is 14.8. The van der Waals surface area contributed by atoms with Crippen LogP contribution in [-0.4, -0.2) is 14.3 Å². The minimum Gasteiger partial charge on any atom is -0.456 e. The second-order valence-corrected chi connectivity index (χ2v) is 6.50. The van der Waals surface area contributed by atoms with Gasteiger partial charge in [0.2, 0.25) is 0 Å². The van der Waals surface area contributed by atoms with Gasteiger partial charge in [-0.15, -0.1) is 5.10 Å². The van der Waals surface area contributed by atoms with Crippen LogP contribution in [0.15, 0.2) is 41.2 Å². The van der Waals surface area contributed by atoms with E-state index < -0.39 is 5.82 Å². The number of fused-ring (bicyclic) bond motifs is 1. The second kappa shape index (κ2) is 6.72. The number of nitrogens with zero attached hydrogens (tertiary/aromatic N) is 4. The van der Waals surface area contributed by atoms with Crippen LogP contribution in [0.2, 0.25) is 0 Å². The molecule has 0 bridgehead atoms. The van der Waals surface area contributed by atoms with Crippen molar-refractivity contribution in [2.24, 2.45) is 0 Å². The van der Waals surface area contributed by atoms with E-state index in [0.717, 1.165) is 29.2 Å². The van der Waals surface area contributed by atoms with Crippen molar-refractivity contribution in [2.45, 2.75) is 32.7 Å². The molecular formula is C20H17FN4O2. The van der Waals surface area contributed by atoms with E-state index in [9.17, 15) is 14.4 Å². The highest BCUT2D eigenvalue weighted by atomic mass is 19.1. The fourth-order valence-corrected chi connectivity index (χ4v) is 3.22. The lowest BCUT2D eigenvalue weighted by Crippen LogP contribution is -2.26. The lowest BCUT2D eigenvalue weighted by atomic mass is 10.1. The first-order valence-corrected chi connectivity index (χ1v) is 8.74. The topological polar surface area (TPSA) is 72.8 Å². The van der Waals surface area contributed by atoms with Gasteiger partial charge in [-0.3, -0.25) is 4.57 Å². The number of hydrogen-bond acceptors (Lipinski definition) is 4. The largest absolute Gasteiger partial charge is 0.456 e. The molecule has 4 rings (SSSR count). The number of aromatic nitrogens is 3. The van der Waals surface area contributed by atoms with Gasteiger partial charge in [0.05, 0.1) is 5.56 Å². The molecule has 2 aromatic carbocycles. The van der Waals surface area contributed by atoms with Crippen molar-refractivity contribution in [2.75, 3.05) is 0 Å². The lowest BCUT2D eigenvalue weighted by Gasteiger charge is -2.12. The van der Waals surface area contributed by atoms with Gasteiger partial charge in [0.1, 0.15) is 29.1 Å². The number of aryl methyl sites for hydroxylation is 2. The van der Waals surface area contributed by atoms with E-state index >= 15 is 0 Å². The van der Waals surface area contributed by atoms with Crippen LogP contribution in [0.5, 0.6) is 11.5 Å². The number of nitriles is 1. The van der Waals surface area contributed by atoms with E-state index in [-0.39, 0.29) is 22.7 Å². The minimum absolute atomic E-state index is 0.0236. The van der Waals surface area contributed by atoms with Crippen LogP contribution in [0.3, 0.4) is 0 Å². The van der Waals surface area contributed by atoms with Crippen LogP contribution in [-0.2, 0) is 13.0 Å². The van der Waals surface area contributed by atoms with E-state index in [4.69, 9.17) is 4.74 Å². The Morgan fingerprint density at radius 1 is 1.22 bits per heavy atom. The van der Waals surface area contributed by atoms with Crippen molar-refractivity contribution >= 4 is 0 Å². The fourth-order valence-electron chi connectivity index (χ4n) is 3.22. The fraction of sp³-hybridized carbons (Fsp3) is 0.250. The Morgan fingerprint density at radius 3 is 2.78 bits per heavy atom. The molecule has 0 radical (unpaired) electrons. The molecule has 0 atom stereocenters. The number of ether oxygens (including phenoxy) is 1. The maximum Gasteiger partial charge on any atom is 0.350 e. The van der Waals surface area contributed by atoms with Gasteiger partial charge in [0.15, 0.2) is 5.82 Å². The van der Waals surface area contributed by atoms with Crippen LogP contribution in [0.25, 0.3) is 5.69 Å². The van der Waals surface area contributed by atoms with Gasteiger partial charge in [0, 0.05) is 19.0 Å². The molecule has 7 heteroatoms. The Balaban J connectivity index is 1.83. The lowest BCUT2D eigenvalue weighted by molar-refractivity contribution is 0.474. The van der Waals surface area contributed by atoms with Crippen molar-refractivity contribution in [3.63, 3.8) is 0 Å². The summed E-state index contributed by atoms with van der Waals surface area (Å²) in [5.74, 6) is 0.696. The Bertz CT molecular complexity index is 1120. The number of para-hydroxylation sites is 1. The highest BCUT2D eigenvalue weighted by molar-refractivity contribution is 5.53. The van der Waals surface area contributed by atoms with E-state index in [1.54, 1.807) is 10.6 Å². The third-order valence-electron chi connectivity index (χ3n) is 4.68.